The molecule has 1 aromatic carbocycles. The van der Waals surface area contributed by atoms with Crippen molar-refractivity contribution in [2.45, 2.75) is 37.5 Å². The highest BCUT2D eigenvalue weighted by molar-refractivity contribution is 7.89. The van der Waals surface area contributed by atoms with E-state index >= 15 is 0 Å². The van der Waals surface area contributed by atoms with Crippen LogP contribution in [0.15, 0.2) is 35.5 Å². The molecule has 2 heterocycles. The number of benzene rings is 1. The molecule has 9 nitrogen and oxygen atoms in total. The van der Waals surface area contributed by atoms with Crippen molar-refractivity contribution in [3.63, 3.8) is 0 Å². The molecule has 1 saturated heterocycles. The van der Waals surface area contributed by atoms with Gasteiger partial charge in [-0.3, -0.25) is 4.79 Å². The maximum Gasteiger partial charge on any atom is 0.243 e. The molecule has 1 fully saturated rings. The van der Waals surface area contributed by atoms with Crippen LogP contribution in [-0.4, -0.2) is 58.5 Å². The van der Waals surface area contributed by atoms with Crippen molar-refractivity contribution >= 4 is 15.9 Å². The Morgan fingerprint density at radius 1 is 1.30 bits per heavy atom. The zero-order valence-corrected chi connectivity index (χ0v) is 16.1. The van der Waals surface area contributed by atoms with Crippen molar-refractivity contribution in [2.75, 3.05) is 19.6 Å². The minimum atomic E-state index is -3.65. The summed E-state index contributed by atoms with van der Waals surface area (Å²) in [6.07, 6.45) is 4.76. The average molecular weight is 392 g/mol. The first-order chi connectivity index (χ1) is 13.0. The first-order valence-corrected chi connectivity index (χ1v) is 10.6. The smallest absolute Gasteiger partial charge is 0.243 e. The van der Waals surface area contributed by atoms with E-state index in [4.69, 9.17) is 0 Å². The summed E-state index contributed by atoms with van der Waals surface area (Å²) >= 11 is 0. The summed E-state index contributed by atoms with van der Waals surface area (Å²) in [6, 6.07) is 6.39. The van der Waals surface area contributed by atoms with Crippen LogP contribution in [0.4, 0.5) is 0 Å². The highest BCUT2D eigenvalue weighted by Gasteiger charge is 2.33. The van der Waals surface area contributed by atoms with Gasteiger partial charge in [0.05, 0.1) is 16.5 Å². The molecule has 1 amide bonds. The van der Waals surface area contributed by atoms with Gasteiger partial charge < -0.3 is 5.32 Å². The molecular formula is C17H24N6O3S. The fourth-order valence-electron chi connectivity index (χ4n) is 3.11. The second kappa shape index (κ2) is 8.57. The van der Waals surface area contributed by atoms with Crippen molar-refractivity contribution in [1.82, 2.24) is 29.8 Å². The molecule has 0 unspecified atom stereocenters. The minimum Gasteiger partial charge on any atom is -0.356 e. The van der Waals surface area contributed by atoms with Crippen LogP contribution < -0.4 is 5.32 Å². The molecule has 3 rings (SSSR count). The Kier molecular flexibility index (Phi) is 6.17. The van der Waals surface area contributed by atoms with Gasteiger partial charge >= 0.3 is 0 Å². The largest absolute Gasteiger partial charge is 0.356 e. The molecule has 0 spiro atoms. The Morgan fingerprint density at radius 2 is 2.07 bits per heavy atom. The molecular weight excluding hydrogens is 368 g/mol. The maximum atomic E-state index is 13.0. The summed E-state index contributed by atoms with van der Waals surface area (Å²) in [5, 5.41) is 13.8. The number of sulfonamides is 1. The van der Waals surface area contributed by atoms with E-state index in [0.717, 1.165) is 12.8 Å². The number of carbonyl (C=O) groups excluding carboxylic acids is 1. The molecule has 1 atom stereocenters. The van der Waals surface area contributed by atoms with Crippen LogP contribution in [0.1, 0.15) is 32.6 Å². The highest BCUT2D eigenvalue weighted by Crippen LogP contribution is 2.24. The fraction of sp³-hybridized carbons (Fsp3) is 0.529. The number of hydrogen-bond donors (Lipinski definition) is 1. The van der Waals surface area contributed by atoms with Gasteiger partial charge in [-0.25, -0.2) is 13.1 Å². The first kappa shape index (κ1) is 19.4. The van der Waals surface area contributed by atoms with E-state index in [1.165, 1.54) is 27.4 Å². The number of nitrogens with zero attached hydrogens (tertiary/aromatic N) is 5. The number of hydrogen-bond acceptors (Lipinski definition) is 6. The maximum absolute atomic E-state index is 13.0. The second-order valence-corrected chi connectivity index (χ2v) is 8.53. The zero-order valence-electron chi connectivity index (χ0n) is 15.3. The normalized spacial score (nSPS) is 18.3. The van der Waals surface area contributed by atoms with Gasteiger partial charge in [0.25, 0.3) is 0 Å². The monoisotopic (exact) mass is 392 g/mol. The lowest BCUT2D eigenvalue weighted by Gasteiger charge is -2.31. The van der Waals surface area contributed by atoms with Crippen LogP contribution in [0.25, 0.3) is 5.69 Å². The number of amides is 1. The van der Waals surface area contributed by atoms with Gasteiger partial charge in [-0.05, 0) is 54.0 Å². The lowest BCUT2D eigenvalue weighted by molar-refractivity contribution is -0.126. The summed E-state index contributed by atoms with van der Waals surface area (Å²) in [6.45, 7) is 3.34. The molecule has 1 aromatic heterocycles. The summed E-state index contributed by atoms with van der Waals surface area (Å²) < 4.78 is 28.8. The Morgan fingerprint density at radius 3 is 2.74 bits per heavy atom. The van der Waals surface area contributed by atoms with Gasteiger partial charge in [0.2, 0.25) is 15.9 Å². The predicted molar refractivity (Wildman–Crippen MR) is 98.6 cm³/mol. The third-order valence-corrected chi connectivity index (χ3v) is 6.55. The Bertz CT molecular complexity index is 851. The zero-order chi connectivity index (χ0) is 19.3. The number of piperidine rings is 1. The standard InChI is InChI=1S/C17H24N6O3S/c1-2-3-10-18-17(24)14-5-4-11-22(12-14)27(25,26)16-8-6-15(7-9-16)23-13-19-20-21-23/h6-9,13-14H,2-5,10-12H2,1H3,(H,18,24)/t14-/m1/s1. The SMILES string of the molecule is CCCCNC(=O)[C@@H]1CCCN(S(=O)(=O)c2ccc(-n3cnnn3)cc2)C1. The Labute approximate surface area is 158 Å². The van der Waals surface area contributed by atoms with Crippen molar-refractivity contribution in [1.29, 1.82) is 0 Å². The molecule has 2 aromatic rings. The minimum absolute atomic E-state index is 0.0580. The lowest BCUT2D eigenvalue weighted by Crippen LogP contribution is -2.45. The molecule has 10 heteroatoms. The summed E-state index contributed by atoms with van der Waals surface area (Å²) in [7, 11) is -3.65. The van der Waals surface area contributed by atoms with Gasteiger partial charge in [-0.1, -0.05) is 13.3 Å². The molecule has 27 heavy (non-hydrogen) atoms. The predicted octanol–water partition coefficient (Wildman–Crippen LogP) is 0.979. The molecule has 0 aliphatic carbocycles. The summed E-state index contributed by atoms with van der Waals surface area (Å²) in [5.41, 5.74) is 0.672. The summed E-state index contributed by atoms with van der Waals surface area (Å²) in [5.74, 6) is -0.358. The van der Waals surface area contributed by atoms with Gasteiger partial charge in [0.15, 0.2) is 0 Å². The van der Waals surface area contributed by atoms with E-state index in [2.05, 4.69) is 27.8 Å². The van der Waals surface area contributed by atoms with Crippen LogP contribution in [0, 0.1) is 5.92 Å². The molecule has 1 aliphatic heterocycles. The number of aromatic nitrogens is 4. The van der Waals surface area contributed by atoms with Gasteiger partial charge in [-0.2, -0.15) is 4.31 Å². The number of rotatable bonds is 7. The van der Waals surface area contributed by atoms with Gasteiger partial charge in [0.1, 0.15) is 6.33 Å². The van der Waals surface area contributed by atoms with Crippen molar-refractivity contribution in [3.05, 3.63) is 30.6 Å². The fourth-order valence-corrected chi connectivity index (χ4v) is 4.63. The van der Waals surface area contributed by atoms with E-state index < -0.39 is 10.0 Å². The van der Waals surface area contributed by atoms with E-state index in [1.54, 1.807) is 12.1 Å². The number of tetrazole rings is 1. The molecule has 0 saturated carbocycles. The second-order valence-electron chi connectivity index (χ2n) is 6.60. The van der Waals surface area contributed by atoms with Crippen molar-refractivity contribution in [3.8, 4) is 5.69 Å². The third-order valence-electron chi connectivity index (χ3n) is 4.67. The van der Waals surface area contributed by atoms with E-state index in [1.807, 2.05) is 0 Å². The van der Waals surface area contributed by atoms with Crippen LogP contribution in [0.5, 0.6) is 0 Å². The lowest BCUT2D eigenvalue weighted by atomic mass is 9.99. The molecule has 1 N–H and O–H groups in total. The molecule has 146 valence electrons. The molecule has 1 aliphatic rings. The summed E-state index contributed by atoms with van der Waals surface area (Å²) in [4.78, 5) is 12.5. The third kappa shape index (κ3) is 4.51. The van der Waals surface area contributed by atoms with Gasteiger partial charge in [-0.15, -0.1) is 5.10 Å². The van der Waals surface area contributed by atoms with Gasteiger partial charge in [0, 0.05) is 19.6 Å². The number of nitrogens with one attached hydrogen (secondary N) is 1. The van der Waals surface area contributed by atoms with Crippen molar-refractivity contribution in [2.24, 2.45) is 5.92 Å². The van der Waals surface area contributed by atoms with Crippen LogP contribution in [-0.2, 0) is 14.8 Å². The average Bonchev–Trinajstić information content (AvgIpc) is 3.23. The quantitative estimate of drug-likeness (QED) is 0.703. The Balaban J connectivity index is 1.69. The topological polar surface area (TPSA) is 110 Å². The molecule has 0 bridgehead atoms. The molecule has 0 radical (unpaired) electrons. The van der Waals surface area contributed by atoms with Crippen LogP contribution in [0.3, 0.4) is 0 Å². The van der Waals surface area contributed by atoms with E-state index in [0.29, 0.717) is 31.6 Å². The van der Waals surface area contributed by atoms with Crippen molar-refractivity contribution < 1.29 is 13.2 Å². The van der Waals surface area contributed by atoms with Crippen LogP contribution >= 0.6 is 0 Å². The van der Waals surface area contributed by atoms with E-state index in [-0.39, 0.29) is 23.3 Å². The number of unbranched alkanes of at least 4 members (excludes halogenated alkanes) is 1. The first-order valence-electron chi connectivity index (χ1n) is 9.13. The Hall–Kier alpha value is -2.33. The van der Waals surface area contributed by atoms with Crippen LogP contribution in [0.2, 0.25) is 0 Å². The highest BCUT2D eigenvalue weighted by atomic mass is 32.2. The van der Waals surface area contributed by atoms with E-state index in [9.17, 15) is 13.2 Å². The number of carbonyl (C=O) groups is 1.